The van der Waals surface area contributed by atoms with Gasteiger partial charge in [-0.1, -0.05) is 78.2 Å². The lowest BCUT2D eigenvalue weighted by molar-refractivity contribution is -0.137. The Bertz CT molecular complexity index is 751. The van der Waals surface area contributed by atoms with Crippen LogP contribution in [-0.2, 0) is 14.3 Å². The van der Waals surface area contributed by atoms with Gasteiger partial charge in [0.15, 0.2) is 11.5 Å². The van der Waals surface area contributed by atoms with E-state index in [2.05, 4.69) is 20.8 Å². The van der Waals surface area contributed by atoms with Gasteiger partial charge in [0.1, 0.15) is 5.78 Å². The number of ketones is 1. The molecule has 0 aliphatic rings. The number of rotatable bonds is 19. The highest BCUT2D eigenvalue weighted by molar-refractivity contribution is 5.87. The third-order valence-corrected chi connectivity index (χ3v) is 6.50. The van der Waals surface area contributed by atoms with Crippen molar-refractivity contribution < 1.29 is 23.8 Å². The third-order valence-electron chi connectivity index (χ3n) is 6.50. The quantitative estimate of drug-likeness (QED) is 0.118. The van der Waals surface area contributed by atoms with E-state index in [9.17, 15) is 9.59 Å². The van der Waals surface area contributed by atoms with E-state index < -0.39 is 0 Å². The molecule has 0 aliphatic carbocycles. The summed E-state index contributed by atoms with van der Waals surface area (Å²) in [7, 11) is 3.17. The predicted molar refractivity (Wildman–Crippen MR) is 139 cm³/mol. The van der Waals surface area contributed by atoms with E-state index in [4.69, 9.17) is 14.2 Å². The SMILES string of the molecule is CCC(C)(C)C(=O)CCCCCCCCCCCCOC(=O)C=Cc1ccc(OC)c(OC)c1. The summed E-state index contributed by atoms with van der Waals surface area (Å²) in [5.41, 5.74) is 0.699. The van der Waals surface area contributed by atoms with Crippen molar-refractivity contribution in [1.29, 1.82) is 0 Å². The molecule has 0 radical (unpaired) electrons. The highest BCUT2D eigenvalue weighted by atomic mass is 16.5. The normalized spacial score (nSPS) is 11.6. The number of carbonyl (C=O) groups excluding carboxylic acids is 2. The number of ether oxygens (including phenoxy) is 3. The zero-order valence-electron chi connectivity index (χ0n) is 22.1. The number of Topliss-reactive ketones (excluding diaryl/α,β-unsaturated/α-hetero) is 1. The van der Waals surface area contributed by atoms with E-state index >= 15 is 0 Å². The second-order valence-electron chi connectivity index (χ2n) is 9.56. The molecule has 34 heavy (non-hydrogen) atoms. The summed E-state index contributed by atoms with van der Waals surface area (Å²) in [6.45, 7) is 6.66. The van der Waals surface area contributed by atoms with Crippen molar-refractivity contribution in [2.75, 3.05) is 20.8 Å². The van der Waals surface area contributed by atoms with Gasteiger partial charge in [-0.05, 0) is 43.0 Å². The first-order valence-electron chi connectivity index (χ1n) is 12.9. The molecule has 0 N–H and O–H groups in total. The summed E-state index contributed by atoms with van der Waals surface area (Å²) >= 11 is 0. The van der Waals surface area contributed by atoms with Crippen LogP contribution in [0.5, 0.6) is 11.5 Å². The second kappa shape index (κ2) is 17.2. The molecule has 192 valence electrons. The van der Waals surface area contributed by atoms with Gasteiger partial charge in [0.05, 0.1) is 20.8 Å². The summed E-state index contributed by atoms with van der Waals surface area (Å²) in [5.74, 6) is 1.37. The van der Waals surface area contributed by atoms with Crippen molar-refractivity contribution in [3.63, 3.8) is 0 Å². The average Bonchev–Trinajstić information content (AvgIpc) is 2.84. The fourth-order valence-electron chi connectivity index (χ4n) is 3.68. The lowest BCUT2D eigenvalue weighted by Gasteiger charge is -2.20. The Morgan fingerprint density at radius 1 is 0.824 bits per heavy atom. The highest BCUT2D eigenvalue weighted by Gasteiger charge is 2.23. The molecular weight excluding hydrogens is 428 g/mol. The lowest BCUT2D eigenvalue weighted by atomic mass is 9.83. The fraction of sp³-hybridized carbons (Fsp3) is 0.655. The minimum absolute atomic E-state index is 0.152. The van der Waals surface area contributed by atoms with Crippen molar-refractivity contribution >= 4 is 17.8 Å². The molecule has 0 unspecified atom stereocenters. The third kappa shape index (κ3) is 12.2. The van der Waals surface area contributed by atoms with Crippen molar-refractivity contribution in [2.24, 2.45) is 5.41 Å². The van der Waals surface area contributed by atoms with Crippen LogP contribution in [0.4, 0.5) is 0 Å². The molecule has 0 saturated heterocycles. The van der Waals surface area contributed by atoms with Crippen molar-refractivity contribution in [1.82, 2.24) is 0 Å². The molecule has 0 atom stereocenters. The smallest absolute Gasteiger partial charge is 0.330 e. The molecule has 1 aromatic carbocycles. The van der Waals surface area contributed by atoms with Gasteiger partial charge in [-0.3, -0.25) is 4.79 Å². The minimum Gasteiger partial charge on any atom is -0.493 e. The van der Waals surface area contributed by atoms with Gasteiger partial charge >= 0.3 is 5.97 Å². The predicted octanol–water partition coefficient (Wildman–Crippen LogP) is 7.56. The van der Waals surface area contributed by atoms with Gasteiger partial charge in [0, 0.05) is 17.9 Å². The van der Waals surface area contributed by atoms with Crippen LogP contribution < -0.4 is 9.47 Å². The Kier molecular flexibility index (Phi) is 15.0. The van der Waals surface area contributed by atoms with Crippen LogP contribution in [-0.4, -0.2) is 32.6 Å². The first-order chi connectivity index (χ1) is 16.3. The standard InChI is InChI=1S/C29H46O5/c1-6-29(2,3)27(30)17-15-13-11-9-7-8-10-12-14-16-22-34-28(31)21-19-24-18-20-25(32-4)26(23-24)33-5/h18-21,23H,6-17,22H2,1-5H3. The molecule has 0 bridgehead atoms. The number of hydrogen-bond donors (Lipinski definition) is 0. The first kappa shape index (κ1) is 29.7. The molecular formula is C29H46O5. The van der Waals surface area contributed by atoms with Crippen LogP contribution in [0.1, 0.15) is 103 Å². The van der Waals surface area contributed by atoms with Crippen LogP contribution in [0.2, 0.25) is 0 Å². The molecule has 0 amide bonds. The molecule has 0 aliphatic heterocycles. The number of hydrogen-bond acceptors (Lipinski definition) is 5. The molecule has 0 aromatic heterocycles. The minimum atomic E-state index is -0.324. The largest absolute Gasteiger partial charge is 0.493 e. The first-order valence-corrected chi connectivity index (χ1v) is 12.9. The number of methoxy groups -OCH3 is 2. The molecule has 1 aromatic rings. The summed E-state index contributed by atoms with van der Waals surface area (Å²) in [4.78, 5) is 24.0. The molecule has 5 nitrogen and oxygen atoms in total. The number of benzene rings is 1. The molecule has 0 saturated carbocycles. The van der Waals surface area contributed by atoms with Gasteiger partial charge in [-0.2, -0.15) is 0 Å². The van der Waals surface area contributed by atoms with Gasteiger partial charge in [0.2, 0.25) is 0 Å². The molecule has 0 heterocycles. The van der Waals surface area contributed by atoms with Gasteiger partial charge in [-0.15, -0.1) is 0 Å². The Morgan fingerprint density at radius 3 is 1.94 bits per heavy atom. The van der Waals surface area contributed by atoms with Crippen LogP contribution in [0.3, 0.4) is 0 Å². The van der Waals surface area contributed by atoms with E-state index in [1.54, 1.807) is 26.4 Å². The van der Waals surface area contributed by atoms with Crippen molar-refractivity contribution in [3.05, 3.63) is 29.8 Å². The van der Waals surface area contributed by atoms with E-state index in [-0.39, 0.29) is 11.4 Å². The molecule has 1 rings (SSSR count). The van der Waals surface area contributed by atoms with Crippen LogP contribution in [0.15, 0.2) is 24.3 Å². The monoisotopic (exact) mass is 474 g/mol. The number of esters is 1. The highest BCUT2D eigenvalue weighted by Crippen LogP contribution is 2.28. The van der Waals surface area contributed by atoms with Gasteiger partial charge < -0.3 is 14.2 Å². The molecule has 0 fully saturated rings. The van der Waals surface area contributed by atoms with Gasteiger partial charge in [-0.25, -0.2) is 4.79 Å². The van der Waals surface area contributed by atoms with Gasteiger partial charge in [0.25, 0.3) is 0 Å². The zero-order chi connectivity index (χ0) is 25.2. The van der Waals surface area contributed by atoms with E-state index in [0.29, 0.717) is 23.9 Å². The van der Waals surface area contributed by atoms with Crippen LogP contribution in [0.25, 0.3) is 6.08 Å². The van der Waals surface area contributed by atoms with E-state index in [1.165, 1.54) is 44.6 Å². The van der Waals surface area contributed by atoms with E-state index in [1.807, 2.05) is 12.1 Å². The molecule has 5 heteroatoms. The molecule has 0 spiro atoms. The summed E-state index contributed by atoms with van der Waals surface area (Å²) in [5, 5.41) is 0. The number of unbranched alkanes of at least 4 members (excludes halogenated alkanes) is 9. The Hall–Kier alpha value is -2.30. The Morgan fingerprint density at radius 2 is 1.38 bits per heavy atom. The Labute approximate surface area is 207 Å². The lowest BCUT2D eigenvalue weighted by Crippen LogP contribution is -2.22. The fourth-order valence-corrected chi connectivity index (χ4v) is 3.68. The topological polar surface area (TPSA) is 61.8 Å². The summed E-state index contributed by atoms with van der Waals surface area (Å²) in [6.07, 6.45) is 16.4. The van der Waals surface area contributed by atoms with Crippen LogP contribution in [0, 0.1) is 5.41 Å². The summed E-state index contributed by atoms with van der Waals surface area (Å²) < 4.78 is 15.8. The van der Waals surface area contributed by atoms with Crippen molar-refractivity contribution in [2.45, 2.75) is 97.8 Å². The van der Waals surface area contributed by atoms with E-state index in [0.717, 1.165) is 44.1 Å². The summed E-state index contributed by atoms with van der Waals surface area (Å²) in [6, 6.07) is 5.49. The maximum atomic E-state index is 12.1. The zero-order valence-corrected chi connectivity index (χ0v) is 22.1. The average molecular weight is 475 g/mol. The van der Waals surface area contributed by atoms with Crippen LogP contribution >= 0.6 is 0 Å². The number of carbonyl (C=O) groups is 2. The van der Waals surface area contributed by atoms with Crippen molar-refractivity contribution in [3.8, 4) is 11.5 Å². The maximum Gasteiger partial charge on any atom is 0.330 e. The Balaban J connectivity index is 2.00. The maximum absolute atomic E-state index is 12.1. The second-order valence-corrected chi connectivity index (χ2v) is 9.56.